The highest BCUT2D eigenvalue weighted by molar-refractivity contribution is 5.20. The number of rotatable bonds is 9. The monoisotopic (exact) mass is 235 g/mol. The molecule has 0 spiro atoms. The van der Waals surface area contributed by atoms with Gasteiger partial charge < -0.3 is 10.1 Å². The molecular formula is C15H25NO. The van der Waals surface area contributed by atoms with Gasteiger partial charge in [-0.25, -0.2) is 0 Å². The van der Waals surface area contributed by atoms with E-state index in [4.69, 9.17) is 4.74 Å². The highest BCUT2D eigenvalue weighted by atomic mass is 16.5. The Morgan fingerprint density at radius 2 is 1.94 bits per heavy atom. The second-order valence-electron chi connectivity index (χ2n) is 4.43. The molecule has 0 fully saturated rings. The lowest BCUT2D eigenvalue weighted by Gasteiger charge is -2.15. The SMILES string of the molecule is CCCNCC(CC)CCOc1ccccc1. The maximum Gasteiger partial charge on any atom is 0.119 e. The van der Waals surface area contributed by atoms with Crippen LogP contribution < -0.4 is 10.1 Å². The second kappa shape index (κ2) is 9.06. The zero-order valence-corrected chi connectivity index (χ0v) is 11.1. The lowest BCUT2D eigenvalue weighted by atomic mass is 10.0. The summed E-state index contributed by atoms with van der Waals surface area (Å²) in [6.45, 7) is 7.50. The van der Waals surface area contributed by atoms with Crippen LogP contribution in [0.15, 0.2) is 30.3 Å². The summed E-state index contributed by atoms with van der Waals surface area (Å²) in [5.74, 6) is 1.70. The van der Waals surface area contributed by atoms with Crippen molar-refractivity contribution in [1.82, 2.24) is 5.32 Å². The normalized spacial score (nSPS) is 12.4. The predicted octanol–water partition coefficient (Wildman–Crippen LogP) is 3.48. The van der Waals surface area contributed by atoms with E-state index in [1.807, 2.05) is 30.3 Å². The fourth-order valence-corrected chi connectivity index (χ4v) is 1.79. The molecule has 0 saturated heterocycles. The van der Waals surface area contributed by atoms with Crippen molar-refractivity contribution in [2.45, 2.75) is 33.1 Å². The first-order valence-corrected chi connectivity index (χ1v) is 6.75. The van der Waals surface area contributed by atoms with Crippen LogP contribution in [0.2, 0.25) is 0 Å². The molecule has 2 heteroatoms. The summed E-state index contributed by atoms with van der Waals surface area (Å²) in [7, 11) is 0. The van der Waals surface area contributed by atoms with Gasteiger partial charge in [-0.15, -0.1) is 0 Å². The van der Waals surface area contributed by atoms with Crippen LogP contribution >= 0.6 is 0 Å². The lowest BCUT2D eigenvalue weighted by molar-refractivity contribution is 0.271. The Bertz CT molecular complexity index is 274. The van der Waals surface area contributed by atoms with Gasteiger partial charge in [-0.1, -0.05) is 38.5 Å². The van der Waals surface area contributed by atoms with Crippen molar-refractivity contribution in [3.63, 3.8) is 0 Å². The number of ether oxygens (including phenoxy) is 1. The molecule has 0 aliphatic carbocycles. The van der Waals surface area contributed by atoms with Crippen molar-refractivity contribution in [2.75, 3.05) is 19.7 Å². The Morgan fingerprint density at radius 1 is 1.18 bits per heavy atom. The maximum atomic E-state index is 5.72. The standard InChI is InChI=1S/C15H25NO/c1-3-11-16-13-14(4-2)10-12-17-15-8-6-5-7-9-15/h5-9,14,16H,3-4,10-13H2,1-2H3. The lowest BCUT2D eigenvalue weighted by Crippen LogP contribution is -2.24. The summed E-state index contributed by atoms with van der Waals surface area (Å²) in [5.41, 5.74) is 0. The minimum Gasteiger partial charge on any atom is -0.494 e. The van der Waals surface area contributed by atoms with Gasteiger partial charge in [0.05, 0.1) is 6.61 Å². The third-order valence-electron chi connectivity index (χ3n) is 2.98. The fourth-order valence-electron chi connectivity index (χ4n) is 1.79. The van der Waals surface area contributed by atoms with E-state index in [0.717, 1.165) is 37.8 Å². The molecule has 1 rings (SSSR count). The van der Waals surface area contributed by atoms with Crippen molar-refractivity contribution in [1.29, 1.82) is 0 Å². The third-order valence-corrected chi connectivity index (χ3v) is 2.98. The average molecular weight is 235 g/mol. The van der Waals surface area contributed by atoms with E-state index in [9.17, 15) is 0 Å². The number of nitrogens with one attached hydrogen (secondary N) is 1. The molecule has 0 heterocycles. The Labute approximate surface area is 105 Å². The van der Waals surface area contributed by atoms with Gasteiger partial charge >= 0.3 is 0 Å². The summed E-state index contributed by atoms with van der Waals surface area (Å²) < 4.78 is 5.72. The van der Waals surface area contributed by atoms with Crippen molar-refractivity contribution >= 4 is 0 Å². The van der Waals surface area contributed by atoms with Crippen LogP contribution in [0.5, 0.6) is 5.75 Å². The van der Waals surface area contributed by atoms with Crippen LogP contribution in [-0.2, 0) is 0 Å². The summed E-state index contributed by atoms with van der Waals surface area (Å²) in [6, 6.07) is 10.0. The molecule has 0 aromatic heterocycles. The first kappa shape index (κ1) is 14.0. The quantitative estimate of drug-likeness (QED) is 0.662. The van der Waals surface area contributed by atoms with Crippen LogP contribution in [0.4, 0.5) is 0 Å². The molecule has 2 nitrogen and oxygen atoms in total. The average Bonchev–Trinajstić information content (AvgIpc) is 2.38. The Balaban J connectivity index is 2.15. The maximum absolute atomic E-state index is 5.72. The zero-order valence-electron chi connectivity index (χ0n) is 11.1. The highest BCUT2D eigenvalue weighted by Crippen LogP contribution is 2.12. The van der Waals surface area contributed by atoms with Gasteiger partial charge in [0.15, 0.2) is 0 Å². The van der Waals surface area contributed by atoms with E-state index in [2.05, 4.69) is 19.2 Å². The molecule has 0 aliphatic rings. The smallest absolute Gasteiger partial charge is 0.119 e. The van der Waals surface area contributed by atoms with Crippen molar-refractivity contribution in [2.24, 2.45) is 5.92 Å². The molecule has 96 valence electrons. The zero-order chi connectivity index (χ0) is 12.3. The van der Waals surface area contributed by atoms with Gasteiger partial charge in [0.2, 0.25) is 0 Å². The van der Waals surface area contributed by atoms with Gasteiger partial charge in [-0.2, -0.15) is 0 Å². The summed E-state index contributed by atoms with van der Waals surface area (Å²) in [4.78, 5) is 0. The Kier molecular flexibility index (Phi) is 7.48. The van der Waals surface area contributed by atoms with Crippen molar-refractivity contribution < 1.29 is 4.74 Å². The molecule has 1 N–H and O–H groups in total. The second-order valence-corrected chi connectivity index (χ2v) is 4.43. The molecule has 1 aromatic carbocycles. The number of para-hydroxylation sites is 1. The fraction of sp³-hybridized carbons (Fsp3) is 0.600. The van der Waals surface area contributed by atoms with E-state index in [-0.39, 0.29) is 0 Å². The van der Waals surface area contributed by atoms with Gasteiger partial charge in [0, 0.05) is 0 Å². The molecule has 1 aromatic rings. The van der Waals surface area contributed by atoms with Crippen LogP contribution in [0, 0.1) is 5.92 Å². The molecule has 1 unspecified atom stereocenters. The van der Waals surface area contributed by atoms with Gasteiger partial charge in [0.1, 0.15) is 5.75 Å². The summed E-state index contributed by atoms with van der Waals surface area (Å²) >= 11 is 0. The molecule has 0 radical (unpaired) electrons. The summed E-state index contributed by atoms with van der Waals surface area (Å²) in [5, 5.41) is 3.48. The first-order valence-electron chi connectivity index (χ1n) is 6.75. The Morgan fingerprint density at radius 3 is 2.59 bits per heavy atom. The van der Waals surface area contributed by atoms with E-state index >= 15 is 0 Å². The molecule has 1 atom stereocenters. The highest BCUT2D eigenvalue weighted by Gasteiger charge is 2.05. The van der Waals surface area contributed by atoms with Crippen molar-refractivity contribution in [3.8, 4) is 5.75 Å². The molecule has 0 saturated carbocycles. The van der Waals surface area contributed by atoms with Crippen molar-refractivity contribution in [3.05, 3.63) is 30.3 Å². The molecular weight excluding hydrogens is 210 g/mol. The van der Waals surface area contributed by atoms with E-state index in [1.54, 1.807) is 0 Å². The number of benzene rings is 1. The van der Waals surface area contributed by atoms with E-state index in [0.29, 0.717) is 0 Å². The first-order chi connectivity index (χ1) is 8.36. The Hall–Kier alpha value is -1.02. The van der Waals surface area contributed by atoms with Crippen LogP contribution in [-0.4, -0.2) is 19.7 Å². The van der Waals surface area contributed by atoms with E-state index in [1.165, 1.54) is 12.8 Å². The summed E-state index contributed by atoms with van der Waals surface area (Å²) in [6.07, 6.45) is 3.55. The van der Waals surface area contributed by atoms with Gasteiger partial charge in [-0.3, -0.25) is 0 Å². The van der Waals surface area contributed by atoms with Crippen LogP contribution in [0.25, 0.3) is 0 Å². The molecule has 0 aliphatic heterocycles. The van der Waals surface area contributed by atoms with E-state index < -0.39 is 0 Å². The minimum absolute atomic E-state index is 0.727. The molecule has 17 heavy (non-hydrogen) atoms. The minimum atomic E-state index is 0.727. The molecule has 0 bridgehead atoms. The van der Waals surface area contributed by atoms with Crippen LogP contribution in [0.1, 0.15) is 33.1 Å². The third kappa shape index (κ3) is 6.32. The predicted molar refractivity (Wildman–Crippen MR) is 73.5 cm³/mol. The molecule has 0 amide bonds. The van der Waals surface area contributed by atoms with Crippen LogP contribution in [0.3, 0.4) is 0 Å². The number of hydrogen-bond donors (Lipinski definition) is 1. The number of hydrogen-bond acceptors (Lipinski definition) is 2. The topological polar surface area (TPSA) is 21.3 Å². The largest absolute Gasteiger partial charge is 0.494 e. The van der Waals surface area contributed by atoms with Gasteiger partial charge in [0.25, 0.3) is 0 Å². The van der Waals surface area contributed by atoms with Gasteiger partial charge in [-0.05, 0) is 44.0 Å².